The van der Waals surface area contributed by atoms with Crippen LogP contribution in [0, 0.1) is 5.41 Å². The number of carbonyl (C=O) groups excluding carboxylic acids is 1. The molecular formula is C15H19ClN2O. The number of fused-ring (bicyclic) bond motifs is 1. The molecule has 0 aliphatic rings. The van der Waals surface area contributed by atoms with Gasteiger partial charge in [-0.1, -0.05) is 44.5 Å². The number of para-hydroxylation sites is 1. The molecule has 102 valence electrons. The second kappa shape index (κ2) is 4.99. The minimum absolute atomic E-state index is 0.0730. The second-order valence-corrected chi connectivity index (χ2v) is 6.31. The van der Waals surface area contributed by atoms with E-state index in [-0.39, 0.29) is 5.78 Å². The number of nitrogens with two attached hydrogens (primary N) is 1. The first kappa shape index (κ1) is 14.1. The number of rotatable bonds is 3. The highest BCUT2D eigenvalue weighted by Gasteiger charge is 2.27. The summed E-state index contributed by atoms with van der Waals surface area (Å²) in [5.74, 6) is 0.0730. The van der Waals surface area contributed by atoms with Crippen LogP contribution >= 0.6 is 11.6 Å². The Bertz CT molecular complexity index is 610. The molecule has 1 heterocycles. The van der Waals surface area contributed by atoms with E-state index in [1.165, 1.54) is 0 Å². The predicted molar refractivity (Wildman–Crippen MR) is 79.5 cm³/mol. The standard InChI is InChI=1S/C15H19ClN2O/c1-15(2,3)14(19)12(17)7-9-8-18-13-10(9)5-4-6-11(13)16/h4-6,8,12,18H,7,17H2,1-3H3/t12-/m0/s1. The Morgan fingerprint density at radius 2 is 2.11 bits per heavy atom. The van der Waals surface area contributed by atoms with Crippen molar-refractivity contribution in [2.45, 2.75) is 33.2 Å². The van der Waals surface area contributed by atoms with Gasteiger partial charge in [0.2, 0.25) is 0 Å². The third-order valence-electron chi connectivity index (χ3n) is 3.27. The molecule has 0 aliphatic carbocycles. The van der Waals surface area contributed by atoms with Gasteiger partial charge in [0.25, 0.3) is 0 Å². The van der Waals surface area contributed by atoms with E-state index in [1.807, 2.05) is 45.2 Å². The van der Waals surface area contributed by atoms with E-state index in [1.54, 1.807) is 0 Å². The third kappa shape index (κ3) is 2.82. The van der Waals surface area contributed by atoms with Crippen LogP contribution in [0.2, 0.25) is 5.02 Å². The molecule has 19 heavy (non-hydrogen) atoms. The van der Waals surface area contributed by atoms with Crippen molar-refractivity contribution in [3.63, 3.8) is 0 Å². The highest BCUT2D eigenvalue weighted by Crippen LogP contribution is 2.26. The number of H-pyrrole nitrogens is 1. The lowest BCUT2D eigenvalue weighted by atomic mass is 9.84. The summed E-state index contributed by atoms with van der Waals surface area (Å²) >= 11 is 6.11. The molecule has 2 aromatic rings. The first-order chi connectivity index (χ1) is 8.80. The molecule has 0 amide bonds. The van der Waals surface area contributed by atoms with E-state index in [0.717, 1.165) is 16.5 Å². The Hall–Kier alpha value is -1.32. The molecular weight excluding hydrogens is 260 g/mol. The number of nitrogens with one attached hydrogen (secondary N) is 1. The fraction of sp³-hybridized carbons (Fsp3) is 0.400. The molecule has 0 fully saturated rings. The normalized spacial score (nSPS) is 13.7. The number of hydrogen-bond donors (Lipinski definition) is 2. The predicted octanol–water partition coefficient (Wildman–Crippen LogP) is 3.31. The topological polar surface area (TPSA) is 58.9 Å². The van der Waals surface area contributed by atoms with Gasteiger partial charge < -0.3 is 10.7 Å². The number of aromatic amines is 1. The Morgan fingerprint density at radius 3 is 2.74 bits per heavy atom. The molecule has 0 spiro atoms. The molecule has 1 aromatic heterocycles. The number of aromatic nitrogens is 1. The quantitative estimate of drug-likeness (QED) is 0.905. The van der Waals surface area contributed by atoms with Crippen LogP contribution in [0.4, 0.5) is 0 Å². The summed E-state index contributed by atoms with van der Waals surface area (Å²) in [6, 6.07) is 5.24. The lowest BCUT2D eigenvalue weighted by Gasteiger charge is -2.21. The van der Waals surface area contributed by atoms with Crippen LogP contribution in [-0.4, -0.2) is 16.8 Å². The van der Waals surface area contributed by atoms with Crippen molar-refractivity contribution in [2.75, 3.05) is 0 Å². The van der Waals surface area contributed by atoms with E-state index in [2.05, 4.69) is 4.98 Å². The molecule has 4 heteroatoms. The molecule has 3 nitrogen and oxygen atoms in total. The van der Waals surface area contributed by atoms with Gasteiger partial charge in [-0.2, -0.15) is 0 Å². The Balaban J connectivity index is 2.27. The fourth-order valence-corrected chi connectivity index (χ4v) is 2.46. The van der Waals surface area contributed by atoms with Crippen LogP contribution in [0.1, 0.15) is 26.3 Å². The summed E-state index contributed by atoms with van der Waals surface area (Å²) in [4.78, 5) is 15.3. The van der Waals surface area contributed by atoms with Gasteiger partial charge in [0.05, 0.1) is 16.6 Å². The van der Waals surface area contributed by atoms with Crippen molar-refractivity contribution < 1.29 is 4.79 Å². The van der Waals surface area contributed by atoms with Gasteiger partial charge >= 0.3 is 0 Å². The second-order valence-electron chi connectivity index (χ2n) is 5.90. The summed E-state index contributed by atoms with van der Waals surface area (Å²) in [7, 11) is 0. The lowest BCUT2D eigenvalue weighted by Crippen LogP contribution is -2.40. The monoisotopic (exact) mass is 278 g/mol. The average Bonchev–Trinajstić information content (AvgIpc) is 2.72. The first-order valence-corrected chi connectivity index (χ1v) is 6.73. The van der Waals surface area contributed by atoms with Crippen molar-refractivity contribution >= 4 is 28.3 Å². The summed E-state index contributed by atoms with van der Waals surface area (Å²) in [5, 5.41) is 1.71. The zero-order valence-electron chi connectivity index (χ0n) is 11.5. The molecule has 1 aromatic carbocycles. The highest BCUT2D eigenvalue weighted by molar-refractivity contribution is 6.35. The molecule has 0 bridgehead atoms. The van der Waals surface area contributed by atoms with Gasteiger partial charge in [-0.25, -0.2) is 0 Å². The van der Waals surface area contributed by atoms with Crippen LogP contribution in [0.3, 0.4) is 0 Å². The van der Waals surface area contributed by atoms with Gasteiger partial charge in [0.1, 0.15) is 0 Å². The van der Waals surface area contributed by atoms with E-state index in [9.17, 15) is 4.79 Å². The van der Waals surface area contributed by atoms with Crippen LogP contribution in [0.5, 0.6) is 0 Å². The van der Waals surface area contributed by atoms with Gasteiger partial charge in [-0.05, 0) is 18.1 Å². The molecule has 2 rings (SSSR count). The Morgan fingerprint density at radius 1 is 1.42 bits per heavy atom. The number of hydrogen-bond acceptors (Lipinski definition) is 2. The largest absolute Gasteiger partial charge is 0.360 e. The van der Waals surface area contributed by atoms with E-state index in [4.69, 9.17) is 17.3 Å². The van der Waals surface area contributed by atoms with Crippen molar-refractivity contribution in [1.82, 2.24) is 4.98 Å². The number of halogens is 1. The van der Waals surface area contributed by atoms with E-state index >= 15 is 0 Å². The van der Waals surface area contributed by atoms with Crippen molar-refractivity contribution in [1.29, 1.82) is 0 Å². The van der Waals surface area contributed by atoms with Crippen LogP contribution in [0.15, 0.2) is 24.4 Å². The van der Waals surface area contributed by atoms with Gasteiger partial charge in [-0.3, -0.25) is 4.79 Å². The smallest absolute Gasteiger partial charge is 0.155 e. The lowest BCUT2D eigenvalue weighted by molar-refractivity contribution is -0.127. The molecule has 0 aliphatic heterocycles. The van der Waals surface area contributed by atoms with Gasteiger partial charge in [0.15, 0.2) is 5.78 Å². The van der Waals surface area contributed by atoms with Crippen LogP contribution < -0.4 is 5.73 Å². The van der Waals surface area contributed by atoms with E-state index in [0.29, 0.717) is 11.4 Å². The van der Waals surface area contributed by atoms with Gasteiger partial charge in [-0.15, -0.1) is 0 Å². The number of Topliss-reactive ketones (excluding diaryl/α,β-unsaturated/α-hetero) is 1. The molecule has 0 saturated heterocycles. The average molecular weight is 279 g/mol. The molecule has 0 radical (unpaired) electrons. The maximum atomic E-state index is 12.1. The number of ketones is 1. The maximum absolute atomic E-state index is 12.1. The Kier molecular flexibility index (Phi) is 3.70. The zero-order valence-corrected chi connectivity index (χ0v) is 12.2. The van der Waals surface area contributed by atoms with Crippen LogP contribution in [0.25, 0.3) is 10.9 Å². The summed E-state index contributed by atoms with van der Waals surface area (Å²) in [6.45, 7) is 5.67. The molecule has 3 N–H and O–H groups in total. The maximum Gasteiger partial charge on any atom is 0.155 e. The van der Waals surface area contributed by atoms with Gasteiger partial charge in [0, 0.05) is 17.0 Å². The van der Waals surface area contributed by atoms with E-state index < -0.39 is 11.5 Å². The summed E-state index contributed by atoms with van der Waals surface area (Å²) in [6.07, 6.45) is 2.41. The minimum Gasteiger partial charge on any atom is -0.360 e. The SMILES string of the molecule is CC(C)(C)C(=O)[C@@H](N)Cc1c[nH]c2c(Cl)cccc12. The Labute approximate surface area is 118 Å². The molecule has 0 unspecified atom stereocenters. The third-order valence-corrected chi connectivity index (χ3v) is 3.58. The van der Waals surface area contributed by atoms with Crippen LogP contribution in [-0.2, 0) is 11.2 Å². The first-order valence-electron chi connectivity index (χ1n) is 6.35. The minimum atomic E-state index is -0.488. The fourth-order valence-electron chi connectivity index (χ4n) is 2.23. The number of benzene rings is 1. The zero-order chi connectivity index (χ0) is 14.2. The molecule has 0 saturated carbocycles. The summed E-state index contributed by atoms with van der Waals surface area (Å²) < 4.78 is 0. The van der Waals surface area contributed by atoms with Crippen molar-refractivity contribution in [3.05, 3.63) is 35.0 Å². The summed E-state index contributed by atoms with van der Waals surface area (Å²) in [5.41, 5.74) is 7.54. The number of carbonyl (C=O) groups is 1. The molecule has 1 atom stereocenters. The van der Waals surface area contributed by atoms with Crippen molar-refractivity contribution in [3.8, 4) is 0 Å². The highest BCUT2D eigenvalue weighted by atomic mass is 35.5. The van der Waals surface area contributed by atoms with Crippen molar-refractivity contribution in [2.24, 2.45) is 11.1 Å².